The van der Waals surface area contributed by atoms with Crippen LogP contribution >= 0.6 is 11.6 Å². The molecule has 0 spiro atoms. The average Bonchev–Trinajstić information content (AvgIpc) is 2.97. The molecule has 1 aliphatic rings. The van der Waals surface area contributed by atoms with Crippen molar-refractivity contribution in [2.75, 3.05) is 34.8 Å². The Morgan fingerprint density at radius 2 is 1.73 bits per heavy atom. The maximum Gasteiger partial charge on any atom is 0.416 e. The zero-order valence-electron chi connectivity index (χ0n) is 22.4. The fraction of sp³-hybridized carbons (Fsp3) is 0.267. The van der Waals surface area contributed by atoms with E-state index in [4.69, 9.17) is 23.0 Å². The molecule has 11 heteroatoms. The van der Waals surface area contributed by atoms with E-state index in [1.807, 2.05) is 34.1 Å². The third-order valence-corrected chi connectivity index (χ3v) is 7.09. The first kappa shape index (κ1) is 28.2. The number of nitrogens with one attached hydrogen (secondary N) is 1. The number of rotatable bonds is 6. The Labute approximate surface area is 241 Å². The van der Waals surface area contributed by atoms with Crippen molar-refractivity contribution in [3.05, 3.63) is 83.0 Å². The molecule has 0 saturated carbocycles. The van der Waals surface area contributed by atoms with Crippen LogP contribution in [0.2, 0.25) is 5.02 Å². The zero-order valence-corrected chi connectivity index (χ0v) is 23.2. The zero-order chi connectivity index (χ0) is 29.1. The summed E-state index contributed by atoms with van der Waals surface area (Å²) in [6.45, 7) is 5.72. The molecule has 0 aliphatic carbocycles. The lowest BCUT2D eigenvalue weighted by molar-refractivity contribution is -0.137. The first-order valence-electron chi connectivity index (χ1n) is 13.0. The van der Waals surface area contributed by atoms with Gasteiger partial charge in [0.05, 0.1) is 17.1 Å². The first-order valence-corrected chi connectivity index (χ1v) is 13.4. The highest BCUT2D eigenvalue weighted by Crippen LogP contribution is 2.31. The third-order valence-electron chi connectivity index (χ3n) is 6.80. The van der Waals surface area contributed by atoms with Crippen LogP contribution in [0.4, 0.5) is 36.6 Å². The van der Waals surface area contributed by atoms with Gasteiger partial charge >= 0.3 is 6.18 Å². The standard InChI is InChI=1S/C30H27ClF3N7/c1-4-24-18-40(27-25(31)6-5-15-35-27)16-17-41(24)29-38-26(21-9-7-20(8-10-21)19(2)3)37-28(39-29)36-23-13-11-22(12-14-23)30(32,33)34/h1,5-15,19,24H,16-18H2,2-3H3,(H,36,37,38,39)/t24-/m1/s1. The number of aromatic nitrogens is 4. The lowest BCUT2D eigenvalue weighted by Gasteiger charge is -2.39. The Hall–Kier alpha value is -4.36. The van der Waals surface area contributed by atoms with Crippen molar-refractivity contribution in [3.8, 4) is 23.7 Å². The van der Waals surface area contributed by atoms with Crippen LogP contribution < -0.4 is 15.1 Å². The molecule has 3 heterocycles. The Morgan fingerprint density at radius 3 is 2.37 bits per heavy atom. The second-order valence-electron chi connectivity index (χ2n) is 9.89. The lowest BCUT2D eigenvalue weighted by atomic mass is 10.0. The van der Waals surface area contributed by atoms with Crippen LogP contribution in [0.25, 0.3) is 11.4 Å². The van der Waals surface area contributed by atoms with Crippen molar-refractivity contribution in [2.45, 2.75) is 32.0 Å². The normalized spacial score (nSPS) is 15.6. The number of hydrogen-bond acceptors (Lipinski definition) is 7. The average molecular weight is 578 g/mol. The molecule has 2 aromatic heterocycles. The summed E-state index contributed by atoms with van der Waals surface area (Å²) in [5, 5.41) is 3.57. The highest BCUT2D eigenvalue weighted by atomic mass is 35.5. The number of benzene rings is 2. The van der Waals surface area contributed by atoms with E-state index >= 15 is 0 Å². The molecule has 1 atom stereocenters. The Morgan fingerprint density at radius 1 is 1.00 bits per heavy atom. The maximum absolute atomic E-state index is 13.1. The van der Waals surface area contributed by atoms with E-state index in [-0.39, 0.29) is 5.95 Å². The van der Waals surface area contributed by atoms with Crippen LogP contribution in [-0.2, 0) is 6.18 Å². The number of alkyl halides is 3. The molecule has 0 unspecified atom stereocenters. The van der Waals surface area contributed by atoms with E-state index in [0.717, 1.165) is 17.7 Å². The number of nitrogens with zero attached hydrogens (tertiary/aromatic N) is 6. The minimum Gasteiger partial charge on any atom is -0.351 e. The van der Waals surface area contributed by atoms with Gasteiger partial charge in [-0.3, -0.25) is 0 Å². The van der Waals surface area contributed by atoms with Gasteiger partial charge in [0.2, 0.25) is 11.9 Å². The molecule has 7 nitrogen and oxygen atoms in total. The van der Waals surface area contributed by atoms with Gasteiger partial charge in [0.25, 0.3) is 0 Å². The fourth-order valence-corrected chi connectivity index (χ4v) is 4.78. The predicted octanol–water partition coefficient (Wildman–Crippen LogP) is 6.80. The van der Waals surface area contributed by atoms with Gasteiger partial charge < -0.3 is 15.1 Å². The van der Waals surface area contributed by atoms with Gasteiger partial charge in [0.1, 0.15) is 11.9 Å². The number of anilines is 4. The minimum atomic E-state index is -4.43. The molecule has 1 fully saturated rings. The van der Waals surface area contributed by atoms with Gasteiger partial charge in [-0.05, 0) is 47.9 Å². The van der Waals surface area contributed by atoms with Crippen LogP contribution in [0.1, 0.15) is 30.9 Å². The van der Waals surface area contributed by atoms with E-state index in [2.05, 4.69) is 40.0 Å². The number of halogens is 4. The summed E-state index contributed by atoms with van der Waals surface area (Å²) >= 11 is 6.38. The minimum absolute atomic E-state index is 0.184. The fourth-order valence-electron chi connectivity index (χ4n) is 4.53. The molecule has 4 aromatic rings. The van der Waals surface area contributed by atoms with Crippen LogP contribution in [0, 0.1) is 12.3 Å². The highest BCUT2D eigenvalue weighted by molar-refractivity contribution is 6.32. The summed E-state index contributed by atoms with van der Waals surface area (Å²) in [5.74, 6) is 4.78. The van der Waals surface area contributed by atoms with Crippen molar-refractivity contribution in [1.82, 2.24) is 19.9 Å². The molecule has 210 valence electrons. The van der Waals surface area contributed by atoms with Crippen LogP contribution in [0.3, 0.4) is 0 Å². The van der Waals surface area contributed by atoms with E-state index in [0.29, 0.717) is 53.9 Å². The number of hydrogen-bond donors (Lipinski definition) is 1. The van der Waals surface area contributed by atoms with Crippen molar-refractivity contribution in [1.29, 1.82) is 0 Å². The SMILES string of the molecule is C#C[C@@H]1CN(c2ncccc2Cl)CCN1c1nc(Nc2ccc(C(F)(F)F)cc2)nc(-c2ccc(C(C)C)cc2)n1. The van der Waals surface area contributed by atoms with Crippen molar-refractivity contribution < 1.29 is 13.2 Å². The molecule has 2 aromatic carbocycles. The summed E-state index contributed by atoms with van der Waals surface area (Å²) in [4.78, 5) is 22.3. The highest BCUT2D eigenvalue weighted by Gasteiger charge is 2.31. The largest absolute Gasteiger partial charge is 0.416 e. The lowest BCUT2D eigenvalue weighted by Crippen LogP contribution is -2.53. The molecule has 1 N–H and O–H groups in total. The van der Waals surface area contributed by atoms with Crippen LogP contribution in [0.15, 0.2) is 66.9 Å². The monoisotopic (exact) mass is 577 g/mol. The van der Waals surface area contributed by atoms with E-state index in [9.17, 15) is 13.2 Å². The Bertz CT molecular complexity index is 1550. The van der Waals surface area contributed by atoms with Crippen molar-refractivity contribution in [3.63, 3.8) is 0 Å². The molecule has 5 rings (SSSR count). The molecule has 1 saturated heterocycles. The summed E-state index contributed by atoms with van der Waals surface area (Å²) < 4.78 is 39.2. The van der Waals surface area contributed by atoms with Crippen LogP contribution in [-0.4, -0.2) is 45.6 Å². The van der Waals surface area contributed by atoms with E-state index < -0.39 is 17.8 Å². The molecular formula is C30H27ClF3N7. The number of terminal acetylenes is 1. The first-order chi connectivity index (χ1) is 19.6. The van der Waals surface area contributed by atoms with Gasteiger partial charge in [-0.2, -0.15) is 28.1 Å². The third kappa shape index (κ3) is 6.36. The molecular weight excluding hydrogens is 551 g/mol. The molecule has 0 amide bonds. The smallest absolute Gasteiger partial charge is 0.351 e. The van der Waals surface area contributed by atoms with Crippen molar-refractivity contribution >= 4 is 35.0 Å². The molecule has 1 aliphatic heterocycles. The summed E-state index contributed by atoms with van der Waals surface area (Å²) in [6, 6.07) is 15.8. The molecule has 41 heavy (non-hydrogen) atoms. The second kappa shape index (κ2) is 11.6. The van der Waals surface area contributed by atoms with Crippen LogP contribution in [0.5, 0.6) is 0 Å². The molecule has 0 radical (unpaired) electrons. The topological polar surface area (TPSA) is 70.1 Å². The Kier molecular flexibility index (Phi) is 7.99. The number of piperazine rings is 1. The van der Waals surface area contributed by atoms with Gasteiger partial charge in [-0.15, -0.1) is 6.42 Å². The summed E-state index contributed by atoms with van der Waals surface area (Å²) in [5.41, 5.74) is 1.60. The quantitative estimate of drug-likeness (QED) is 0.253. The summed E-state index contributed by atoms with van der Waals surface area (Å²) in [7, 11) is 0. The van der Waals surface area contributed by atoms with Crippen molar-refractivity contribution in [2.24, 2.45) is 0 Å². The number of pyridine rings is 1. The van der Waals surface area contributed by atoms with E-state index in [1.165, 1.54) is 17.7 Å². The van der Waals surface area contributed by atoms with E-state index in [1.54, 1.807) is 18.3 Å². The summed E-state index contributed by atoms with van der Waals surface area (Å²) in [6.07, 6.45) is 3.21. The van der Waals surface area contributed by atoms with Gasteiger partial charge in [-0.1, -0.05) is 55.6 Å². The maximum atomic E-state index is 13.1. The Balaban J connectivity index is 1.49. The predicted molar refractivity (Wildman–Crippen MR) is 156 cm³/mol. The van der Waals surface area contributed by atoms with Gasteiger partial charge in [0, 0.05) is 30.5 Å². The molecule has 0 bridgehead atoms. The van der Waals surface area contributed by atoms with Gasteiger partial charge in [-0.25, -0.2) is 4.98 Å². The van der Waals surface area contributed by atoms with Gasteiger partial charge in [0.15, 0.2) is 5.82 Å². The second-order valence-corrected chi connectivity index (χ2v) is 10.3.